The summed E-state index contributed by atoms with van der Waals surface area (Å²) in [6.45, 7) is 4.14. The predicted molar refractivity (Wildman–Crippen MR) is 83.1 cm³/mol. The van der Waals surface area contributed by atoms with Gasteiger partial charge in [0.1, 0.15) is 16.7 Å². The number of aryl methyl sites for hydroxylation is 2. The van der Waals surface area contributed by atoms with Crippen LogP contribution in [0.25, 0.3) is 22.3 Å². The summed E-state index contributed by atoms with van der Waals surface area (Å²) in [7, 11) is 0. The zero-order chi connectivity index (χ0) is 14.8. The predicted octanol–water partition coefficient (Wildman–Crippen LogP) is 4.26. The second-order valence-electron chi connectivity index (χ2n) is 5.15. The Morgan fingerprint density at radius 1 is 1.05 bits per heavy atom. The van der Waals surface area contributed by atoms with Crippen molar-refractivity contribution in [3.8, 4) is 11.3 Å². The van der Waals surface area contributed by atoms with Gasteiger partial charge >= 0.3 is 0 Å². The third-order valence-electron chi connectivity index (χ3n) is 3.66. The first-order valence-corrected chi connectivity index (χ1v) is 7.03. The lowest BCUT2D eigenvalue weighted by atomic mass is 10.1. The van der Waals surface area contributed by atoms with Crippen molar-refractivity contribution in [1.29, 1.82) is 0 Å². The molecule has 0 spiro atoms. The van der Waals surface area contributed by atoms with E-state index in [2.05, 4.69) is 12.1 Å². The molecule has 1 heterocycles. The molecule has 3 aromatic rings. The minimum absolute atomic E-state index is 0.530. The van der Waals surface area contributed by atoms with Gasteiger partial charge in [-0.15, -0.1) is 0 Å². The Bertz CT molecular complexity index is 845. The topological polar surface area (TPSA) is 45.7 Å². The van der Waals surface area contributed by atoms with Crippen molar-refractivity contribution in [1.82, 2.24) is 0 Å². The van der Waals surface area contributed by atoms with Gasteiger partial charge in [-0.25, -0.2) is 0 Å². The molecule has 0 amide bonds. The average molecular weight is 279 g/mol. The molecule has 0 radical (unpaired) electrons. The second kappa shape index (κ2) is 5.44. The van der Waals surface area contributed by atoms with Gasteiger partial charge in [0.05, 0.1) is 0 Å². The fourth-order valence-electron chi connectivity index (χ4n) is 2.38. The highest BCUT2D eigenvalue weighted by atomic mass is 16.4. The van der Waals surface area contributed by atoms with E-state index in [0.717, 1.165) is 23.0 Å². The number of fused-ring (bicyclic) bond motifs is 1. The van der Waals surface area contributed by atoms with E-state index in [1.165, 1.54) is 11.1 Å². The van der Waals surface area contributed by atoms with Gasteiger partial charge in [-0.1, -0.05) is 48.0 Å². The number of benzene rings is 2. The molecule has 0 saturated heterocycles. The quantitative estimate of drug-likeness (QED) is 0.562. The highest BCUT2D eigenvalue weighted by Crippen LogP contribution is 2.23. The summed E-state index contributed by atoms with van der Waals surface area (Å²) in [6.07, 6.45) is 0.931. The third-order valence-corrected chi connectivity index (χ3v) is 3.66. The van der Waals surface area contributed by atoms with Crippen molar-refractivity contribution in [2.24, 2.45) is 5.16 Å². The maximum atomic E-state index is 9.30. The van der Waals surface area contributed by atoms with Crippen LogP contribution >= 0.6 is 0 Å². The summed E-state index contributed by atoms with van der Waals surface area (Å²) in [5, 5.41) is 14.1. The number of rotatable bonds is 2. The first-order valence-electron chi connectivity index (χ1n) is 7.03. The van der Waals surface area contributed by atoms with Crippen molar-refractivity contribution in [3.63, 3.8) is 0 Å². The van der Waals surface area contributed by atoms with E-state index in [0.29, 0.717) is 11.1 Å². The molecule has 0 aliphatic carbocycles. The van der Waals surface area contributed by atoms with Crippen LogP contribution in [0.1, 0.15) is 18.1 Å². The molecule has 1 aromatic heterocycles. The molecule has 3 heteroatoms. The summed E-state index contributed by atoms with van der Waals surface area (Å²) >= 11 is 0. The maximum Gasteiger partial charge on any atom is 0.137 e. The van der Waals surface area contributed by atoms with Crippen LogP contribution in [0.5, 0.6) is 0 Å². The average Bonchev–Trinajstić information content (AvgIpc) is 2.54. The monoisotopic (exact) mass is 279 g/mol. The first kappa shape index (κ1) is 13.4. The zero-order valence-electron chi connectivity index (χ0n) is 12.1. The molecule has 3 nitrogen and oxygen atoms in total. The molecule has 3 rings (SSSR count). The van der Waals surface area contributed by atoms with Crippen LogP contribution in [0, 0.1) is 6.92 Å². The maximum absolute atomic E-state index is 9.30. The molecule has 0 fully saturated rings. The number of nitrogens with zero attached hydrogens (tertiary/aromatic N) is 1. The minimum Gasteiger partial charge on any atom is -0.456 e. The molecule has 0 unspecified atom stereocenters. The van der Waals surface area contributed by atoms with Gasteiger partial charge in [-0.2, -0.15) is 0 Å². The molecule has 106 valence electrons. The Morgan fingerprint density at radius 3 is 2.48 bits per heavy atom. The molecule has 0 saturated carbocycles. The van der Waals surface area contributed by atoms with E-state index in [1.807, 2.05) is 49.4 Å². The molecular formula is C18H17NO2. The lowest BCUT2D eigenvalue weighted by molar-refractivity contribution is 0.302. The lowest BCUT2D eigenvalue weighted by Crippen LogP contribution is -2.04. The fourth-order valence-corrected chi connectivity index (χ4v) is 2.38. The van der Waals surface area contributed by atoms with Crippen molar-refractivity contribution in [2.75, 3.05) is 0 Å². The van der Waals surface area contributed by atoms with Crippen molar-refractivity contribution in [2.45, 2.75) is 20.3 Å². The smallest absolute Gasteiger partial charge is 0.137 e. The summed E-state index contributed by atoms with van der Waals surface area (Å²) in [5.41, 5.74) is 4.06. The fraction of sp³-hybridized carbons (Fsp3) is 0.167. The van der Waals surface area contributed by atoms with Gasteiger partial charge in [0.2, 0.25) is 0 Å². The van der Waals surface area contributed by atoms with Crippen LogP contribution in [0.4, 0.5) is 0 Å². The Kier molecular flexibility index (Phi) is 3.48. The van der Waals surface area contributed by atoms with Gasteiger partial charge in [0, 0.05) is 17.0 Å². The Labute approximate surface area is 123 Å². The van der Waals surface area contributed by atoms with Gasteiger partial charge in [-0.05, 0) is 31.0 Å². The molecular weight excluding hydrogens is 262 g/mol. The molecule has 0 aliphatic heterocycles. The van der Waals surface area contributed by atoms with Gasteiger partial charge in [0.25, 0.3) is 0 Å². The van der Waals surface area contributed by atoms with Gasteiger partial charge in [-0.3, -0.25) is 0 Å². The molecule has 2 aromatic carbocycles. The van der Waals surface area contributed by atoms with E-state index >= 15 is 0 Å². The first-order chi connectivity index (χ1) is 10.2. The summed E-state index contributed by atoms with van der Waals surface area (Å²) < 4.78 is 5.96. The largest absolute Gasteiger partial charge is 0.456 e. The third kappa shape index (κ3) is 2.55. The normalized spacial score (nSPS) is 12.0. The van der Waals surface area contributed by atoms with E-state index in [-0.39, 0.29) is 0 Å². The van der Waals surface area contributed by atoms with Crippen LogP contribution in [0.2, 0.25) is 0 Å². The molecule has 0 atom stereocenters. The van der Waals surface area contributed by atoms with E-state index in [9.17, 15) is 5.21 Å². The van der Waals surface area contributed by atoms with Crippen LogP contribution in [-0.4, -0.2) is 5.21 Å². The lowest BCUT2D eigenvalue weighted by Gasteiger charge is -2.06. The summed E-state index contributed by atoms with van der Waals surface area (Å²) in [6, 6.07) is 15.8. The molecule has 1 N–H and O–H groups in total. The van der Waals surface area contributed by atoms with Crippen LogP contribution in [0.3, 0.4) is 0 Å². The Morgan fingerprint density at radius 2 is 1.81 bits per heavy atom. The number of hydrogen-bond donors (Lipinski definition) is 1. The van der Waals surface area contributed by atoms with E-state index in [1.54, 1.807) is 6.07 Å². The van der Waals surface area contributed by atoms with Gasteiger partial charge in [0.15, 0.2) is 0 Å². The highest BCUT2D eigenvalue weighted by Gasteiger charge is 2.07. The Balaban J connectivity index is 2.25. The molecule has 0 aliphatic rings. The standard InChI is InChI=1S/C18H17NO2/c1-3-13-6-9-17-15(10-13)16(19-20)11-18(21-17)14-7-4-12(2)5-8-14/h4-11,20H,3H2,1-2H3. The van der Waals surface area contributed by atoms with E-state index < -0.39 is 0 Å². The second-order valence-corrected chi connectivity index (χ2v) is 5.15. The SMILES string of the molecule is CCc1ccc2oc(-c3ccc(C)cc3)cc(=NO)c2c1. The van der Waals surface area contributed by atoms with E-state index in [4.69, 9.17) is 4.42 Å². The van der Waals surface area contributed by atoms with Crippen LogP contribution in [-0.2, 0) is 6.42 Å². The van der Waals surface area contributed by atoms with Crippen molar-refractivity contribution >= 4 is 11.0 Å². The van der Waals surface area contributed by atoms with Crippen LogP contribution < -0.4 is 5.36 Å². The van der Waals surface area contributed by atoms with Gasteiger partial charge < -0.3 is 9.62 Å². The summed E-state index contributed by atoms with van der Waals surface area (Å²) in [5.74, 6) is 0.694. The molecule has 21 heavy (non-hydrogen) atoms. The summed E-state index contributed by atoms with van der Waals surface area (Å²) in [4.78, 5) is 0. The van der Waals surface area contributed by atoms with Crippen LogP contribution in [0.15, 0.2) is 58.1 Å². The molecule has 0 bridgehead atoms. The van der Waals surface area contributed by atoms with Crippen molar-refractivity contribution in [3.05, 3.63) is 65.0 Å². The minimum atomic E-state index is 0.530. The number of hydrogen-bond acceptors (Lipinski definition) is 3. The zero-order valence-corrected chi connectivity index (χ0v) is 12.1. The van der Waals surface area contributed by atoms with Crippen molar-refractivity contribution < 1.29 is 9.62 Å². The Hall–Kier alpha value is -2.55. The highest BCUT2D eigenvalue weighted by molar-refractivity contribution is 5.79.